The minimum atomic E-state index is -0.443. The van der Waals surface area contributed by atoms with E-state index in [1.165, 1.54) is 5.56 Å². The van der Waals surface area contributed by atoms with Crippen molar-refractivity contribution in [2.75, 3.05) is 6.61 Å². The number of ketones is 1. The second-order valence-electron chi connectivity index (χ2n) is 5.57. The number of hydrogen-bond acceptors (Lipinski definition) is 4. The Morgan fingerprint density at radius 3 is 2.62 bits per heavy atom. The number of furan rings is 1. The summed E-state index contributed by atoms with van der Waals surface area (Å²) < 4.78 is 10.6. The monoisotopic (exact) mass is 322 g/mol. The number of fused-ring (bicyclic) bond motifs is 1. The van der Waals surface area contributed by atoms with Crippen molar-refractivity contribution in [3.8, 4) is 0 Å². The van der Waals surface area contributed by atoms with Crippen LogP contribution in [0.1, 0.15) is 28.4 Å². The van der Waals surface area contributed by atoms with Crippen molar-refractivity contribution < 1.29 is 18.7 Å². The fraction of sp³-hybridized carbons (Fsp3) is 0.200. The van der Waals surface area contributed by atoms with Crippen molar-refractivity contribution in [1.82, 2.24) is 0 Å². The van der Waals surface area contributed by atoms with E-state index in [0.29, 0.717) is 5.56 Å². The number of Topliss-reactive ketones (excluding diaryl/α,β-unsaturated/α-hetero) is 1. The first kappa shape index (κ1) is 16.0. The van der Waals surface area contributed by atoms with Gasteiger partial charge in [0.05, 0.1) is 12.7 Å². The zero-order valence-corrected chi connectivity index (χ0v) is 13.5. The smallest absolute Gasteiger partial charge is 0.310 e. The van der Waals surface area contributed by atoms with Crippen molar-refractivity contribution in [1.29, 1.82) is 0 Å². The molecule has 3 rings (SSSR count). The second kappa shape index (κ2) is 7.13. The molecule has 4 heteroatoms. The molecule has 0 saturated carbocycles. The van der Waals surface area contributed by atoms with Crippen LogP contribution in [0.3, 0.4) is 0 Å². The summed E-state index contributed by atoms with van der Waals surface area (Å²) in [5.74, 6) is -0.657. The topological polar surface area (TPSA) is 56.5 Å². The van der Waals surface area contributed by atoms with Crippen molar-refractivity contribution in [2.24, 2.45) is 0 Å². The molecule has 1 heterocycles. The van der Waals surface area contributed by atoms with Gasteiger partial charge in [-0.3, -0.25) is 9.59 Å². The predicted molar refractivity (Wildman–Crippen MR) is 91.0 cm³/mol. The van der Waals surface area contributed by atoms with E-state index in [2.05, 4.69) is 6.92 Å². The van der Waals surface area contributed by atoms with Crippen LogP contribution < -0.4 is 0 Å². The summed E-state index contributed by atoms with van der Waals surface area (Å²) in [6, 6.07) is 14.7. The SMILES string of the molecule is CCc1ccc2c(CC(=O)OCC(=O)c3ccccc3)coc2c1. The highest BCUT2D eigenvalue weighted by molar-refractivity contribution is 5.98. The van der Waals surface area contributed by atoms with Crippen LogP contribution in [-0.2, 0) is 22.4 Å². The Hall–Kier alpha value is -2.88. The van der Waals surface area contributed by atoms with Gasteiger partial charge >= 0.3 is 5.97 Å². The van der Waals surface area contributed by atoms with Crippen LogP contribution in [0.15, 0.2) is 59.2 Å². The van der Waals surface area contributed by atoms with Gasteiger partial charge in [-0.2, -0.15) is 0 Å². The normalized spacial score (nSPS) is 10.7. The number of aryl methyl sites for hydroxylation is 1. The minimum absolute atomic E-state index is 0.0839. The molecule has 24 heavy (non-hydrogen) atoms. The van der Waals surface area contributed by atoms with E-state index in [1.807, 2.05) is 24.3 Å². The molecule has 1 aromatic heterocycles. The molecule has 0 unspecified atom stereocenters. The van der Waals surface area contributed by atoms with Gasteiger partial charge in [-0.05, 0) is 18.1 Å². The average molecular weight is 322 g/mol. The average Bonchev–Trinajstić information content (AvgIpc) is 3.02. The Labute approximate surface area is 140 Å². The van der Waals surface area contributed by atoms with Crippen molar-refractivity contribution >= 4 is 22.7 Å². The van der Waals surface area contributed by atoms with E-state index in [0.717, 1.165) is 23.0 Å². The van der Waals surface area contributed by atoms with Gasteiger partial charge in [0.2, 0.25) is 0 Å². The number of rotatable bonds is 6. The molecular weight excluding hydrogens is 304 g/mol. The van der Waals surface area contributed by atoms with Crippen LogP contribution >= 0.6 is 0 Å². The second-order valence-corrected chi connectivity index (χ2v) is 5.57. The number of esters is 1. The number of carbonyl (C=O) groups is 2. The van der Waals surface area contributed by atoms with Gasteiger partial charge in [-0.1, -0.05) is 49.4 Å². The molecule has 0 radical (unpaired) electrons. The van der Waals surface area contributed by atoms with Crippen LogP contribution in [0.25, 0.3) is 11.0 Å². The number of carbonyl (C=O) groups excluding carboxylic acids is 2. The zero-order valence-electron chi connectivity index (χ0n) is 13.5. The summed E-state index contributed by atoms with van der Waals surface area (Å²) in [6.07, 6.45) is 2.58. The summed E-state index contributed by atoms with van der Waals surface area (Å²) in [5, 5.41) is 0.901. The van der Waals surface area contributed by atoms with E-state index in [1.54, 1.807) is 30.5 Å². The van der Waals surface area contributed by atoms with Crippen molar-refractivity contribution in [3.05, 3.63) is 71.5 Å². The molecule has 2 aromatic carbocycles. The van der Waals surface area contributed by atoms with Gasteiger partial charge in [0.25, 0.3) is 0 Å². The van der Waals surface area contributed by atoms with Gasteiger partial charge in [0.1, 0.15) is 5.58 Å². The summed E-state index contributed by atoms with van der Waals surface area (Å²) in [5.41, 5.74) is 3.24. The van der Waals surface area contributed by atoms with Crippen LogP contribution in [0.5, 0.6) is 0 Å². The van der Waals surface area contributed by atoms with Crippen LogP contribution in [0, 0.1) is 0 Å². The van der Waals surface area contributed by atoms with Gasteiger partial charge in [-0.15, -0.1) is 0 Å². The molecule has 0 bridgehead atoms. The molecule has 4 nitrogen and oxygen atoms in total. The summed E-state index contributed by atoms with van der Waals surface area (Å²) in [6.45, 7) is 1.82. The van der Waals surface area contributed by atoms with Crippen LogP contribution in [-0.4, -0.2) is 18.4 Å². The maximum absolute atomic E-state index is 12.0. The Bertz CT molecular complexity index is 862. The molecule has 0 N–H and O–H groups in total. The molecule has 122 valence electrons. The third-order valence-electron chi connectivity index (χ3n) is 3.92. The number of hydrogen-bond donors (Lipinski definition) is 0. The van der Waals surface area contributed by atoms with Crippen molar-refractivity contribution in [3.63, 3.8) is 0 Å². The van der Waals surface area contributed by atoms with Crippen molar-refractivity contribution in [2.45, 2.75) is 19.8 Å². The van der Waals surface area contributed by atoms with E-state index < -0.39 is 5.97 Å². The van der Waals surface area contributed by atoms with E-state index >= 15 is 0 Å². The minimum Gasteiger partial charge on any atom is -0.464 e. The van der Waals surface area contributed by atoms with Gasteiger partial charge in [0, 0.05) is 16.5 Å². The molecule has 0 saturated heterocycles. The number of ether oxygens (including phenoxy) is 1. The highest BCUT2D eigenvalue weighted by Crippen LogP contribution is 2.23. The molecule has 0 fully saturated rings. The highest BCUT2D eigenvalue weighted by Gasteiger charge is 2.14. The van der Waals surface area contributed by atoms with Crippen LogP contribution in [0.2, 0.25) is 0 Å². The first-order valence-corrected chi connectivity index (χ1v) is 7.90. The number of benzene rings is 2. The lowest BCUT2D eigenvalue weighted by atomic mass is 10.1. The molecule has 0 aliphatic rings. The van der Waals surface area contributed by atoms with E-state index in [-0.39, 0.29) is 18.8 Å². The van der Waals surface area contributed by atoms with Gasteiger partial charge in [-0.25, -0.2) is 0 Å². The maximum atomic E-state index is 12.0. The van der Waals surface area contributed by atoms with E-state index in [4.69, 9.17) is 9.15 Å². The first-order valence-electron chi connectivity index (χ1n) is 7.90. The Morgan fingerprint density at radius 2 is 1.88 bits per heavy atom. The largest absolute Gasteiger partial charge is 0.464 e. The lowest BCUT2D eigenvalue weighted by Gasteiger charge is -2.04. The predicted octanol–water partition coefficient (Wildman–Crippen LogP) is 3.96. The molecule has 0 atom stereocenters. The fourth-order valence-corrected chi connectivity index (χ4v) is 2.54. The Morgan fingerprint density at radius 1 is 1.08 bits per heavy atom. The molecule has 3 aromatic rings. The summed E-state index contributed by atoms with van der Waals surface area (Å²) in [4.78, 5) is 23.9. The third kappa shape index (κ3) is 3.54. The molecule has 0 aliphatic carbocycles. The Kier molecular flexibility index (Phi) is 4.75. The molecular formula is C20H18O4. The zero-order chi connectivity index (χ0) is 16.9. The standard InChI is InChI=1S/C20H18O4/c1-2-14-8-9-17-16(12-23-19(17)10-14)11-20(22)24-13-18(21)15-6-4-3-5-7-15/h3-10,12H,2,11,13H2,1H3. The Balaban J connectivity index is 1.62. The quantitative estimate of drug-likeness (QED) is 0.509. The van der Waals surface area contributed by atoms with E-state index in [9.17, 15) is 9.59 Å². The molecule has 0 amide bonds. The molecule has 0 aliphatic heterocycles. The summed E-state index contributed by atoms with van der Waals surface area (Å²) >= 11 is 0. The molecule has 0 spiro atoms. The first-order chi connectivity index (χ1) is 11.7. The lowest BCUT2D eigenvalue weighted by molar-refractivity contribution is -0.141. The van der Waals surface area contributed by atoms with Gasteiger partial charge < -0.3 is 9.15 Å². The fourth-order valence-electron chi connectivity index (χ4n) is 2.54. The summed E-state index contributed by atoms with van der Waals surface area (Å²) in [7, 11) is 0. The maximum Gasteiger partial charge on any atom is 0.310 e. The lowest BCUT2D eigenvalue weighted by Crippen LogP contribution is -2.15. The highest BCUT2D eigenvalue weighted by atomic mass is 16.5. The van der Waals surface area contributed by atoms with Gasteiger partial charge in [0.15, 0.2) is 12.4 Å². The van der Waals surface area contributed by atoms with Crippen LogP contribution in [0.4, 0.5) is 0 Å². The third-order valence-corrected chi connectivity index (χ3v) is 3.92.